The van der Waals surface area contributed by atoms with Crippen LogP contribution in [-0.4, -0.2) is 26.6 Å². The molecule has 19 heavy (non-hydrogen) atoms. The minimum absolute atomic E-state index is 0.141. The van der Waals surface area contributed by atoms with E-state index in [2.05, 4.69) is 15.3 Å². The molecule has 2 rings (SSSR count). The first-order chi connectivity index (χ1) is 9.01. The van der Waals surface area contributed by atoms with Crippen molar-refractivity contribution in [3.8, 4) is 0 Å². The van der Waals surface area contributed by atoms with Gasteiger partial charge in [-0.1, -0.05) is 19.3 Å². The third kappa shape index (κ3) is 3.43. The van der Waals surface area contributed by atoms with E-state index in [9.17, 15) is 4.79 Å². The normalized spacial score (nSPS) is 18.0. The number of hydrogen-bond acceptors (Lipinski definition) is 4. The fourth-order valence-electron chi connectivity index (χ4n) is 2.77. The van der Waals surface area contributed by atoms with Crippen molar-refractivity contribution < 1.29 is 9.90 Å². The van der Waals surface area contributed by atoms with E-state index in [-0.39, 0.29) is 12.0 Å². The van der Waals surface area contributed by atoms with Gasteiger partial charge in [0.15, 0.2) is 0 Å². The van der Waals surface area contributed by atoms with Gasteiger partial charge < -0.3 is 10.4 Å². The number of carboxylic acid groups (broad SMARTS) is 1. The van der Waals surface area contributed by atoms with Crippen molar-refractivity contribution in [1.29, 1.82) is 0 Å². The third-order valence-electron chi connectivity index (χ3n) is 3.76. The molecule has 0 bridgehead atoms. The predicted octanol–water partition coefficient (Wildman–Crippen LogP) is 2.68. The summed E-state index contributed by atoms with van der Waals surface area (Å²) in [6.45, 7) is 3.79. The van der Waals surface area contributed by atoms with Crippen LogP contribution in [0.1, 0.15) is 49.9 Å². The Kier molecular flexibility index (Phi) is 4.02. The summed E-state index contributed by atoms with van der Waals surface area (Å²) >= 11 is 0. The summed E-state index contributed by atoms with van der Waals surface area (Å²) in [5.41, 5.74) is 1.30. The maximum absolute atomic E-state index is 11.1. The highest BCUT2D eigenvalue weighted by molar-refractivity contribution is 5.69. The lowest BCUT2D eigenvalue weighted by Gasteiger charge is -2.37. The molecule has 1 aliphatic carbocycles. The van der Waals surface area contributed by atoms with Crippen molar-refractivity contribution >= 4 is 11.8 Å². The Hall–Kier alpha value is -1.65. The molecule has 0 unspecified atom stereocenters. The molecule has 1 aromatic heterocycles. The molecule has 0 aromatic carbocycles. The largest absolute Gasteiger partial charge is 0.481 e. The minimum atomic E-state index is -0.757. The number of hydrogen-bond donors (Lipinski definition) is 2. The van der Waals surface area contributed by atoms with Gasteiger partial charge in [0, 0.05) is 11.7 Å². The lowest BCUT2D eigenvalue weighted by atomic mass is 9.79. The smallest absolute Gasteiger partial charge is 0.305 e. The van der Waals surface area contributed by atoms with Gasteiger partial charge in [-0.25, -0.2) is 4.98 Å². The zero-order valence-electron chi connectivity index (χ0n) is 11.6. The molecule has 104 valence electrons. The van der Waals surface area contributed by atoms with Crippen molar-refractivity contribution in [3.63, 3.8) is 0 Å². The van der Waals surface area contributed by atoms with Gasteiger partial charge in [-0.05, 0) is 26.7 Å². The van der Waals surface area contributed by atoms with E-state index in [1.165, 1.54) is 6.42 Å². The Labute approximate surface area is 113 Å². The molecule has 1 saturated carbocycles. The summed E-state index contributed by atoms with van der Waals surface area (Å²) in [5.74, 6) is -0.0317. The number of anilines is 1. The zero-order chi connectivity index (χ0) is 13.9. The number of aliphatic carboxylic acids is 1. The second-order valence-electron chi connectivity index (χ2n) is 5.48. The van der Waals surface area contributed by atoms with E-state index >= 15 is 0 Å². The van der Waals surface area contributed by atoms with Crippen LogP contribution in [0.15, 0.2) is 6.20 Å². The average molecular weight is 263 g/mol. The molecule has 1 aromatic rings. The molecular weight excluding hydrogens is 242 g/mol. The molecule has 2 N–H and O–H groups in total. The monoisotopic (exact) mass is 263 g/mol. The maximum atomic E-state index is 11.1. The van der Waals surface area contributed by atoms with Gasteiger partial charge in [0.05, 0.1) is 17.8 Å². The van der Waals surface area contributed by atoms with Gasteiger partial charge in [0.1, 0.15) is 5.82 Å². The number of nitrogens with one attached hydrogen (secondary N) is 1. The second kappa shape index (κ2) is 5.55. The first kappa shape index (κ1) is 13.8. The van der Waals surface area contributed by atoms with Crippen molar-refractivity contribution in [2.24, 2.45) is 0 Å². The topological polar surface area (TPSA) is 75.1 Å². The Morgan fingerprint density at radius 1 is 1.37 bits per heavy atom. The fourth-order valence-corrected chi connectivity index (χ4v) is 2.77. The van der Waals surface area contributed by atoms with Crippen LogP contribution in [0, 0.1) is 13.8 Å². The van der Waals surface area contributed by atoms with E-state index in [0.717, 1.165) is 42.9 Å². The number of carboxylic acids is 1. The molecule has 5 heteroatoms. The molecule has 5 nitrogen and oxygen atoms in total. The molecular formula is C14H21N3O2. The molecule has 1 fully saturated rings. The molecule has 0 saturated heterocycles. The van der Waals surface area contributed by atoms with Crippen LogP contribution >= 0.6 is 0 Å². The van der Waals surface area contributed by atoms with Crippen molar-refractivity contribution in [2.45, 2.75) is 57.9 Å². The molecule has 0 spiro atoms. The predicted molar refractivity (Wildman–Crippen MR) is 73.2 cm³/mol. The van der Waals surface area contributed by atoms with E-state index in [1.807, 2.05) is 13.8 Å². The van der Waals surface area contributed by atoms with Crippen LogP contribution in [0.4, 0.5) is 5.82 Å². The lowest BCUT2D eigenvalue weighted by molar-refractivity contribution is -0.138. The zero-order valence-corrected chi connectivity index (χ0v) is 11.6. The summed E-state index contributed by atoms with van der Waals surface area (Å²) in [4.78, 5) is 19.9. The summed E-state index contributed by atoms with van der Waals surface area (Å²) in [6.07, 6.45) is 6.95. The highest BCUT2D eigenvalue weighted by atomic mass is 16.4. The molecule has 0 aliphatic heterocycles. The number of carbonyl (C=O) groups is 1. The van der Waals surface area contributed by atoms with Crippen LogP contribution in [0.5, 0.6) is 0 Å². The van der Waals surface area contributed by atoms with Crippen LogP contribution in [0.2, 0.25) is 0 Å². The first-order valence-electron chi connectivity index (χ1n) is 6.81. The summed E-state index contributed by atoms with van der Waals surface area (Å²) in [7, 11) is 0. The fraction of sp³-hybridized carbons (Fsp3) is 0.643. The Morgan fingerprint density at radius 3 is 2.68 bits per heavy atom. The van der Waals surface area contributed by atoms with E-state index in [1.54, 1.807) is 6.20 Å². The molecule has 0 atom stereocenters. The quantitative estimate of drug-likeness (QED) is 0.873. The standard InChI is InChI=1S/C14H21N3O2/c1-10-9-15-11(2)13(16-10)17-14(8-12(18)19)6-4-3-5-7-14/h9H,3-8H2,1-2H3,(H,16,17)(H,18,19). The van der Waals surface area contributed by atoms with Gasteiger partial charge in [-0.2, -0.15) is 0 Å². The lowest BCUT2D eigenvalue weighted by Crippen LogP contribution is -2.42. The number of rotatable bonds is 4. The number of nitrogens with zero attached hydrogens (tertiary/aromatic N) is 2. The van der Waals surface area contributed by atoms with Gasteiger partial charge >= 0.3 is 5.97 Å². The van der Waals surface area contributed by atoms with Gasteiger partial charge in [-0.3, -0.25) is 9.78 Å². The van der Waals surface area contributed by atoms with Gasteiger partial charge in [-0.15, -0.1) is 0 Å². The maximum Gasteiger partial charge on any atom is 0.305 e. The highest BCUT2D eigenvalue weighted by Crippen LogP contribution is 2.34. The van der Waals surface area contributed by atoms with Crippen molar-refractivity contribution in [1.82, 2.24) is 9.97 Å². The van der Waals surface area contributed by atoms with Crippen molar-refractivity contribution in [2.75, 3.05) is 5.32 Å². The minimum Gasteiger partial charge on any atom is -0.481 e. The molecule has 1 heterocycles. The highest BCUT2D eigenvalue weighted by Gasteiger charge is 2.35. The van der Waals surface area contributed by atoms with Crippen LogP contribution in [0.25, 0.3) is 0 Å². The number of aromatic nitrogens is 2. The van der Waals surface area contributed by atoms with E-state index in [4.69, 9.17) is 5.11 Å². The molecule has 1 aliphatic rings. The van der Waals surface area contributed by atoms with E-state index < -0.39 is 5.97 Å². The Balaban J connectivity index is 2.24. The van der Waals surface area contributed by atoms with Crippen molar-refractivity contribution in [3.05, 3.63) is 17.6 Å². The first-order valence-corrected chi connectivity index (χ1v) is 6.81. The molecule has 0 amide bonds. The summed E-state index contributed by atoms with van der Waals surface area (Å²) < 4.78 is 0. The molecule has 0 radical (unpaired) electrons. The number of aryl methyl sites for hydroxylation is 2. The van der Waals surface area contributed by atoms with E-state index in [0.29, 0.717) is 0 Å². The van der Waals surface area contributed by atoms with Crippen LogP contribution in [0.3, 0.4) is 0 Å². The van der Waals surface area contributed by atoms with Crippen LogP contribution in [-0.2, 0) is 4.79 Å². The third-order valence-corrected chi connectivity index (χ3v) is 3.76. The average Bonchev–Trinajstić information content (AvgIpc) is 2.34. The summed E-state index contributed by atoms with van der Waals surface area (Å²) in [6, 6.07) is 0. The second-order valence-corrected chi connectivity index (χ2v) is 5.48. The van der Waals surface area contributed by atoms with Gasteiger partial charge in [0.2, 0.25) is 0 Å². The van der Waals surface area contributed by atoms with Crippen LogP contribution < -0.4 is 5.32 Å². The Bertz CT molecular complexity index is 468. The Morgan fingerprint density at radius 2 is 2.05 bits per heavy atom. The summed E-state index contributed by atoms with van der Waals surface area (Å²) in [5, 5.41) is 12.5. The SMILES string of the molecule is Cc1cnc(C)c(NC2(CC(=O)O)CCCCC2)n1. The van der Waals surface area contributed by atoms with Gasteiger partial charge in [0.25, 0.3) is 0 Å².